The van der Waals surface area contributed by atoms with E-state index in [0.29, 0.717) is 28.6 Å². The van der Waals surface area contributed by atoms with Crippen molar-refractivity contribution in [3.05, 3.63) is 104 Å². The van der Waals surface area contributed by atoms with Gasteiger partial charge in [0.15, 0.2) is 5.82 Å². The van der Waals surface area contributed by atoms with Crippen LogP contribution in [-0.4, -0.2) is 57.3 Å². The number of aromatic nitrogens is 4. The number of carbonyl (C=O) groups is 2. The second-order valence-electron chi connectivity index (χ2n) is 11.1. The lowest BCUT2D eigenvalue weighted by Gasteiger charge is -2.33. The fraction of sp³-hybridized carbons (Fsp3) is 0.176. The molecule has 7 rings (SSSR count). The lowest BCUT2D eigenvalue weighted by molar-refractivity contribution is 0.0302. The molecule has 230 valence electrons. The summed E-state index contributed by atoms with van der Waals surface area (Å²) in [6.07, 6.45) is 8.96. The second kappa shape index (κ2) is 13.0. The van der Waals surface area contributed by atoms with Crippen LogP contribution in [0.15, 0.2) is 104 Å². The normalized spacial score (nSPS) is 16.8. The van der Waals surface area contributed by atoms with Gasteiger partial charge in [-0.15, -0.1) is 0 Å². The topological polar surface area (TPSA) is 146 Å². The van der Waals surface area contributed by atoms with Gasteiger partial charge in [0, 0.05) is 54.1 Å². The van der Waals surface area contributed by atoms with Crippen molar-refractivity contribution in [2.45, 2.75) is 25.0 Å². The van der Waals surface area contributed by atoms with Crippen molar-refractivity contribution in [2.75, 3.05) is 39.3 Å². The number of amides is 4. The smallest absolute Gasteiger partial charge is 0.323 e. The molecule has 2 atom stereocenters. The monoisotopic (exact) mass is 613 g/mol. The van der Waals surface area contributed by atoms with Gasteiger partial charge in [-0.25, -0.2) is 19.6 Å². The summed E-state index contributed by atoms with van der Waals surface area (Å²) >= 11 is 0. The number of urea groups is 2. The Bertz CT molecular complexity index is 1690. The van der Waals surface area contributed by atoms with Gasteiger partial charge in [0.2, 0.25) is 0 Å². The summed E-state index contributed by atoms with van der Waals surface area (Å²) in [7, 11) is 0. The first kappa shape index (κ1) is 28.9. The van der Waals surface area contributed by atoms with Crippen molar-refractivity contribution < 1.29 is 14.3 Å². The Morgan fingerprint density at radius 1 is 0.652 bits per heavy atom. The number of hydrogen-bond donors (Lipinski definition) is 4. The maximum atomic E-state index is 12.5. The molecule has 5 aromatic rings. The fourth-order valence-corrected chi connectivity index (χ4v) is 5.56. The van der Waals surface area contributed by atoms with E-state index in [1.165, 1.54) is 0 Å². The predicted molar refractivity (Wildman–Crippen MR) is 177 cm³/mol. The first-order valence-electron chi connectivity index (χ1n) is 15.0. The Kier molecular flexibility index (Phi) is 8.16. The molecule has 2 bridgehead atoms. The third-order valence-corrected chi connectivity index (χ3v) is 7.76. The van der Waals surface area contributed by atoms with E-state index in [1.54, 1.807) is 49.1 Å². The lowest BCUT2D eigenvalue weighted by Crippen LogP contribution is -2.43. The lowest BCUT2D eigenvalue weighted by atomic mass is 10.1. The molecule has 46 heavy (non-hydrogen) atoms. The van der Waals surface area contributed by atoms with E-state index in [2.05, 4.69) is 36.1 Å². The second-order valence-corrected chi connectivity index (χ2v) is 11.1. The average Bonchev–Trinajstić information content (AvgIpc) is 3.42. The third-order valence-electron chi connectivity index (χ3n) is 7.76. The molecule has 2 aliphatic rings. The average molecular weight is 614 g/mol. The van der Waals surface area contributed by atoms with Crippen molar-refractivity contribution in [3.8, 4) is 22.6 Å². The van der Waals surface area contributed by atoms with Crippen LogP contribution in [0.2, 0.25) is 0 Å². The van der Waals surface area contributed by atoms with Crippen molar-refractivity contribution in [2.24, 2.45) is 0 Å². The fourth-order valence-electron chi connectivity index (χ4n) is 5.56. The van der Waals surface area contributed by atoms with Gasteiger partial charge in [-0.2, -0.15) is 0 Å². The van der Waals surface area contributed by atoms with Crippen LogP contribution in [-0.2, 0) is 4.74 Å². The van der Waals surface area contributed by atoms with Gasteiger partial charge in [0.25, 0.3) is 0 Å². The highest BCUT2D eigenvalue weighted by Crippen LogP contribution is 2.32. The van der Waals surface area contributed by atoms with E-state index in [4.69, 9.17) is 14.7 Å². The minimum Gasteiger partial charge on any atom is -0.371 e. The number of ether oxygens (including phenoxy) is 1. The van der Waals surface area contributed by atoms with Crippen LogP contribution in [0.25, 0.3) is 22.6 Å². The summed E-state index contributed by atoms with van der Waals surface area (Å²) in [6, 6.07) is 23.3. The standard InChI is InChI=1S/C34H31N9O3/c44-33(39-26-3-1-15-35-18-26)37-24-9-5-22(6-10-24)30-17-31(43-20-28-13-14-29(21-43)46-28)42-32(41-30)23-7-11-25(12-8-23)38-34(45)40-27-4-2-16-36-19-27/h1-12,15-19,28-29H,13-14,20-21H2,(H2,37,39,44)(H2,38,40,45). The van der Waals surface area contributed by atoms with Gasteiger partial charge in [-0.05, 0) is 73.5 Å². The molecule has 0 spiro atoms. The SMILES string of the molecule is O=C(Nc1ccc(-c2cc(N3CC4CCC(C3)O4)nc(-c3ccc(NC(=O)Nc4cccnc4)cc3)n2)cc1)Nc1cccnc1. The molecule has 4 amide bonds. The molecule has 12 nitrogen and oxygen atoms in total. The summed E-state index contributed by atoms with van der Waals surface area (Å²) in [6.45, 7) is 1.55. The number of anilines is 5. The van der Waals surface area contributed by atoms with Gasteiger partial charge in [-0.1, -0.05) is 12.1 Å². The Morgan fingerprint density at radius 2 is 1.17 bits per heavy atom. The van der Waals surface area contributed by atoms with Gasteiger partial charge in [0.1, 0.15) is 5.82 Å². The largest absolute Gasteiger partial charge is 0.371 e. The van der Waals surface area contributed by atoms with Gasteiger partial charge in [-0.3, -0.25) is 9.97 Å². The molecule has 2 fully saturated rings. The van der Waals surface area contributed by atoms with Crippen molar-refractivity contribution in [1.82, 2.24) is 19.9 Å². The van der Waals surface area contributed by atoms with E-state index < -0.39 is 0 Å². The highest BCUT2D eigenvalue weighted by atomic mass is 16.5. The van der Waals surface area contributed by atoms with Crippen molar-refractivity contribution in [3.63, 3.8) is 0 Å². The Hall–Kier alpha value is -5.88. The predicted octanol–water partition coefficient (Wildman–Crippen LogP) is 6.26. The molecule has 4 N–H and O–H groups in total. The van der Waals surface area contributed by atoms with E-state index in [0.717, 1.165) is 48.6 Å². The van der Waals surface area contributed by atoms with Crippen LogP contribution in [0.3, 0.4) is 0 Å². The molecule has 2 aliphatic heterocycles. The summed E-state index contributed by atoms with van der Waals surface area (Å²) in [5.41, 5.74) is 4.91. The van der Waals surface area contributed by atoms with Crippen molar-refractivity contribution in [1.29, 1.82) is 0 Å². The maximum absolute atomic E-state index is 12.5. The number of pyridine rings is 2. The van der Waals surface area contributed by atoms with Crippen LogP contribution in [0.1, 0.15) is 12.8 Å². The molecular formula is C34H31N9O3. The van der Waals surface area contributed by atoms with Crippen LogP contribution < -0.4 is 26.2 Å². The first-order valence-corrected chi connectivity index (χ1v) is 15.0. The third kappa shape index (κ3) is 6.92. The van der Waals surface area contributed by atoms with Crippen molar-refractivity contribution >= 4 is 40.6 Å². The van der Waals surface area contributed by atoms with Gasteiger partial charge < -0.3 is 30.9 Å². The highest BCUT2D eigenvalue weighted by molar-refractivity contribution is 6.00. The summed E-state index contributed by atoms with van der Waals surface area (Å²) in [5, 5.41) is 11.2. The number of benzene rings is 2. The molecule has 2 unspecified atom stereocenters. The first-order chi connectivity index (χ1) is 22.5. The molecule has 2 aromatic carbocycles. The zero-order chi connectivity index (χ0) is 31.3. The highest BCUT2D eigenvalue weighted by Gasteiger charge is 2.34. The quantitative estimate of drug-likeness (QED) is 0.168. The zero-order valence-electron chi connectivity index (χ0n) is 24.8. The van der Waals surface area contributed by atoms with Crippen LogP contribution in [0.5, 0.6) is 0 Å². The molecule has 0 saturated carbocycles. The molecular weight excluding hydrogens is 582 g/mol. The molecule has 2 saturated heterocycles. The number of rotatable bonds is 7. The molecule has 0 aliphatic carbocycles. The molecule has 0 radical (unpaired) electrons. The van der Waals surface area contributed by atoms with E-state index in [-0.39, 0.29) is 24.3 Å². The Morgan fingerprint density at radius 3 is 1.70 bits per heavy atom. The number of morpholine rings is 1. The number of carbonyl (C=O) groups excluding carboxylic acids is 2. The number of nitrogens with one attached hydrogen (secondary N) is 4. The Labute approximate surface area is 265 Å². The minimum absolute atomic E-state index is 0.201. The summed E-state index contributed by atoms with van der Waals surface area (Å²) in [5.74, 6) is 1.40. The number of nitrogens with zero attached hydrogens (tertiary/aromatic N) is 5. The van der Waals surface area contributed by atoms with E-state index in [1.807, 2.05) is 54.6 Å². The minimum atomic E-state index is -0.365. The molecule has 12 heteroatoms. The van der Waals surface area contributed by atoms with Crippen LogP contribution >= 0.6 is 0 Å². The number of fused-ring (bicyclic) bond motifs is 2. The van der Waals surface area contributed by atoms with E-state index in [9.17, 15) is 9.59 Å². The maximum Gasteiger partial charge on any atom is 0.323 e. The summed E-state index contributed by atoms with van der Waals surface area (Å²) in [4.78, 5) is 45.1. The van der Waals surface area contributed by atoms with Crippen LogP contribution in [0.4, 0.5) is 38.2 Å². The Balaban J connectivity index is 1.11. The van der Waals surface area contributed by atoms with Gasteiger partial charge in [0.05, 0.1) is 41.7 Å². The number of hydrogen-bond acceptors (Lipinski definition) is 8. The van der Waals surface area contributed by atoms with Gasteiger partial charge >= 0.3 is 12.1 Å². The molecule has 3 aromatic heterocycles. The molecule has 5 heterocycles. The van der Waals surface area contributed by atoms with Crippen LogP contribution in [0, 0.1) is 0 Å². The van der Waals surface area contributed by atoms with E-state index >= 15 is 0 Å². The summed E-state index contributed by atoms with van der Waals surface area (Å²) < 4.78 is 6.07. The zero-order valence-corrected chi connectivity index (χ0v) is 24.8.